The third-order valence-electron chi connectivity index (χ3n) is 6.54. The predicted octanol–water partition coefficient (Wildman–Crippen LogP) is 4.38. The molecule has 1 aromatic heterocycles. The topological polar surface area (TPSA) is 87.9 Å². The van der Waals surface area contributed by atoms with Crippen LogP contribution in [0, 0.1) is 28.9 Å². The van der Waals surface area contributed by atoms with Crippen LogP contribution < -0.4 is 5.73 Å². The molecule has 1 aliphatic carbocycles. The Morgan fingerprint density at radius 1 is 1.12 bits per heavy atom. The minimum atomic E-state index is -0.694. The standard InChI is InChI=1S/C26H25F2N5O/c1-15-8-20(30)14-32(13-15)26(34)23-11-25(18-4-5-19(12-29)21(27)10-18)33(31-23)24-7-6-17(9-22(24)28)16-2-3-16/h4-7,9-11,15-16,20H,2-3,8,13-14,30H2,1H3/t15-,20-/m1/s1. The fourth-order valence-electron chi connectivity index (χ4n) is 4.73. The van der Waals surface area contributed by atoms with E-state index >= 15 is 4.39 Å². The number of aromatic nitrogens is 2. The van der Waals surface area contributed by atoms with Gasteiger partial charge >= 0.3 is 0 Å². The first-order valence-corrected chi connectivity index (χ1v) is 11.5. The molecule has 2 fully saturated rings. The van der Waals surface area contributed by atoms with Crippen molar-refractivity contribution in [3.05, 3.63) is 70.9 Å². The Morgan fingerprint density at radius 2 is 1.91 bits per heavy atom. The van der Waals surface area contributed by atoms with Crippen molar-refractivity contribution in [3.8, 4) is 23.0 Å². The molecule has 1 saturated heterocycles. The molecule has 6 nitrogen and oxygen atoms in total. The molecule has 1 amide bonds. The van der Waals surface area contributed by atoms with Gasteiger partial charge in [-0.2, -0.15) is 10.4 Å². The Labute approximate surface area is 196 Å². The number of nitrogens with zero attached hydrogens (tertiary/aromatic N) is 4. The van der Waals surface area contributed by atoms with Crippen molar-refractivity contribution in [3.63, 3.8) is 0 Å². The van der Waals surface area contributed by atoms with Crippen LogP contribution in [0.1, 0.15) is 53.7 Å². The summed E-state index contributed by atoms with van der Waals surface area (Å²) in [5.41, 5.74) is 8.01. The van der Waals surface area contributed by atoms with Gasteiger partial charge in [0.05, 0.1) is 11.3 Å². The van der Waals surface area contributed by atoms with E-state index < -0.39 is 11.6 Å². The van der Waals surface area contributed by atoms with Gasteiger partial charge in [-0.25, -0.2) is 13.5 Å². The van der Waals surface area contributed by atoms with E-state index in [1.807, 2.05) is 13.0 Å². The number of carbonyl (C=O) groups is 1. The third kappa shape index (κ3) is 4.19. The number of hydrogen-bond acceptors (Lipinski definition) is 4. The molecule has 0 radical (unpaired) electrons. The molecular formula is C26H25F2N5O. The zero-order valence-electron chi connectivity index (χ0n) is 18.8. The number of carbonyl (C=O) groups excluding carboxylic acids is 1. The molecule has 2 atom stereocenters. The molecule has 2 N–H and O–H groups in total. The average molecular weight is 462 g/mol. The van der Waals surface area contributed by atoms with E-state index in [-0.39, 0.29) is 34.8 Å². The van der Waals surface area contributed by atoms with Crippen LogP contribution in [0.5, 0.6) is 0 Å². The fraction of sp³-hybridized carbons (Fsp3) is 0.346. The van der Waals surface area contributed by atoms with Crippen LogP contribution in [-0.4, -0.2) is 39.7 Å². The highest BCUT2D eigenvalue weighted by Crippen LogP contribution is 2.41. The van der Waals surface area contributed by atoms with Gasteiger partial charge in [-0.15, -0.1) is 0 Å². The summed E-state index contributed by atoms with van der Waals surface area (Å²) in [5, 5.41) is 13.5. The quantitative estimate of drug-likeness (QED) is 0.625. The minimum Gasteiger partial charge on any atom is -0.335 e. The van der Waals surface area contributed by atoms with Gasteiger partial charge in [0.1, 0.15) is 23.4 Å². The zero-order valence-corrected chi connectivity index (χ0v) is 18.8. The number of likely N-dealkylation sites (tertiary alicyclic amines) is 1. The Morgan fingerprint density at radius 3 is 2.56 bits per heavy atom. The minimum absolute atomic E-state index is 0.0950. The van der Waals surface area contributed by atoms with Gasteiger partial charge in [-0.05, 0) is 67.0 Å². The molecule has 2 aromatic carbocycles. The maximum Gasteiger partial charge on any atom is 0.274 e. The van der Waals surface area contributed by atoms with E-state index in [1.165, 1.54) is 22.9 Å². The highest BCUT2D eigenvalue weighted by atomic mass is 19.1. The van der Waals surface area contributed by atoms with Crippen LogP contribution in [-0.2, 0) is 0 Å². The molecule has 1 saturated carbocycles. The van der Waals surface area contributed by atoms with Crippen molar-refractivity contribution < 1.29 is 13.6 Å². The van der Waals surface area contributed by atoms with Gasteiger partial charge in [0.25, 0.3) is 5.91 Å². The number of nitriles is 1. The molecule has 1 aliphatic heterocycles. The molecule has 2 aliphatic rings. The largest absolute Gasteiger partial charge is 0.335 e. The Hall–Kier alpha value is -3.57. The SMILES string of the molecule is C[C@@H]1C[C@@H](N)CN(C(=O)c2cc(-c3ccc(C#N)c(F)c3)n(-c3ccc(C4CC4)cc3F)n2)C1. The van der Waals surface area contributed by atoms with E-state index in [9.17, 15) is 9.18 Å². The second kappa shape index (κ2) is 8.65. The number of rotatable bonds is 4. The number of piperidine rings is 1. The number of benzene rings is 2. The first-order valence-electron chi connectivity index (χ1n) is 11.5. The molecule has 8 heteroatoms. The first kappa shape index (κ1) is 22.2. The van der Waals surface area contributed by atoms with Crippen LogP contribution in [0.15, 0.2) is 42.5 Å². The maximum absolute atomic E-state index is 15.2. The molecule has 174 valence electrons. The Kier molecular flexibility index (Phi) is 5.66. The van der Waals surface area contributed by atoms with Crippen LogP contribution in [0.4, 0.5) is 8.78 Å². The normalized spacial score (nSPS) is 20.3. The Bertz CT molecular complexity index is 1300. The van der Waals surface area contributed by atoms with Crippen molar-refractivity contribution in [1.82, 2.24) is 14.7 Å². The maximum atomic E-state index is 15.2. The lowest BCUT2D eigenvalue weighted by Gasteiger charge is -2.34. The number of hydrogen-bond donors (Lipinski definition) is 1. The molecule has 2 heterocycles. The summed E-state index contributed by atoms with van der Waals surface area (Å²) in [6.45, 7) is 3.02. The van der Waals surface area contributed by atoms with E-state index in [0.29, 0.717) is 30.3 Å². The van der Waals surface area contributed by atoms with Crippen LogP contribution in [0.3, 0.4) is 0 Å². The highest BCUT2D eigenvalue weighted by Gasteiger charge is 2.30. The van der Waals surface area contributed by atoms with Gasteiger partial charge in [-0.3, -0.25) is 4.79 Å². The monoisotopic (exact) mass is 461 g/mol. The van der Waals surface area contributed by atoms with Gasteiger partial charge in [-0.1, -0.05) is 19.1 Å². The lowest BCUT2D eigenvalue weighted by Crippen LogP contribution is -2.48. The summed E-state index contributed by atoms with van der Waals surface area (Å²) in [5.74, 6) is -0.812. The van der Waals surface area contributed by atoms with Crippen LogP contribution in [0.25, 0.3) is 16.9 Å². The first-order chi connectivity index (χ1) is 16.3. The Balaban J connectivity index is 1.59. The van der Waals surface area contributed by atoms with Crippen molar-refractivity contribution in [2.45, 2.75) is 38.1 Å². The van der Waals surface area contributed by atoms with Gasteiger partial charge in [0.15, 0.2) is 5.69 Å². The number of nitrogens with two attached hydrogens (primary N) is 1. The van der Waals surface area contributed by atoms with E-state index in [0.717, 1.165) is 24.8 Å². The van der Waals surface area contributed by atoms with Gasteiger partial charge in [0.2, 0.25) is 0 Å². The summed E-state index contributed by atoms with van der Waals surface area (Å²) < 4.78 is 31.0. The molecule has 0 spiro atoms. The summed E-state index contributed by atoms with van der Waals surface area (Å²) >= 11 is 0. The van der Waals surface area contributed by atoms with Crippen LogP contribution in [0.2, 0.25) is 0 Å². The predicted molar refractivity (Wildman–Crippen MR) is 123 cm³/mol. The second-order valence-corrected chi connectivity index (χ2v) is 9.43. The second-order valence-electron chi connectivity index (χ2n) is 9.43. The fourth-order valence-corrected chi connectivity index (χ4v) is 4.73. The average Bonchev–Trinajstić information content (AvgIpc) is 3.56. The lowest BCUT2D eigenvalue weighted by atomic mass is 9.96. The van der Waals surface area contributed by atoms with Crippen molar-refractivity contribution in [1.29, 1.82) is 5.26 Å². The highest BCUT2D eigenvalue weighted by molar-refractivity contribution is 5.94. The van der Waals surface area contributed by atoms with Crippen LogP contribution >= 0.6 is 0 Å². The van der Waals surface area contributed by atoms with E-state index in [4.69, 9.17) is 11.0 Å². The molecule has 34 heavy (non-hydrogen) atoms. The molecule has 5 rings (SSSR count). The van der Waals surface area contributed by atoms with Crippen molar-refractivity contribution >= 4 is 5.91 Å². The lowest BCUT2D eigenvalue weighted by molar-refractivity contribution is 0.0654. The van der Waals surface area contributed by atoms with Gasteiger partial charge < -0.3 is 10.6 Å². The third-order valence-corrected chi connectivity index (χ3v) is 6.54. The summed E-state index contributed by atoms with van der Waals surface area (Å²) in [7, 11) is 0. The summed E-state index contributed by atoms with van der Waals surface area (Å²) in [6, 6.07) is 12.4. The van der Waals surface area contributed by atoms with Gasteiger partial charge in [0, 0.05) is 24.7 Å². The summed E-state index contributed by atoms with van der Waals surface area (Å²) in [6.07, 6.45) is 2.93. The number of halogens is 2. The molecule has 3 aromatic rings. The molecule has 0 bridgehead atoms. The molecular weight excluding hydrogens is 436 g/mol. The van der Waals surface area contributed by atoms with Crippen molar-refractivity contribution in [2.24, 2.45) is 11.7 Å². The number of amides is 1. The molecule has 0 unspecified atom stereocenters. The van der Waals surface area contributed by atoms with E-state index in [2.05, 4.69) is 5.10 Å². The zero-order chi connectivity index (χ0) is 24.0. The summed E-state index contributed by atoms with van der Waals surface area (Å²) in [4.78, 5) is 15.0. The van der Waals surface area contributed by atoms with Crippen molar-refractivity contribution in [2.75, 3.05) is 13.1 Å². The van der Waals surface area contributed by atoms with E-state index in [1.54, 1.807) is 29.2 Å². The smallest absolute Gasteiger partial charge is 0.274 e.